The number of aliphatic hydroxyl groups excluding tert-OH is 1. The van der Waals surface area contributed by atoms with Crippen LogP contribution in [0.1, 0.15) is 22.3 Å². The van der Waals surface area contributed by atoms with E-state index >= 15 is 0 Å². The van der Waals surface area contributed by atoms with Crippen molar-refractivity contribution in [3.8, 4) is 0 Å². The summed E-state index contributed by atoms with van der Waals surface area (Å²) in [6, 6.07) is 12.8. The first-order valence-electron chi connectivity index (χ1n) is 9.84. The van der Waals surface area contributed by atoms with Crippen molar-refractivity contribution < 1.29 is 18.7 Å². The van der Waals surface area contributed by atoms with Crippen molar-refractivity contribution in [3.63, 3.8) is 0 Å². The molecule has 2 heterocycles. The zero-order chi connectivity index (χ0) is 21.3. The van der Waals surface area contributed by atoms with Crippen LogP contribution in [-0.4, -0.2) is 23.7 Å². The monoisotopic (exact) mass is 405 g/mol. The third-order valence-electron chi connectivity index (χ3n) is 5.42. The number of aliphatic hydroxyl groups is 1. The molecule has 30 heavy (non-hydrogen) atoms. The highest BCUT2D eigenvalue weighted by Crippen LogP contribution is 2.28. The maximum atomic E-state index is 12.6. The number of rotatable bonds is 6. The van der Waals surface area contributed by atoms with Gasteiger partial charge < -0.3 is 19.3 Å². The van der Waals surface area contributed by atoms with Crippen molar-refractivity contribution in [1.82, 2.24) is 5.32 Å². The molecule has 0 spiro atoms. The van der Waals surface area contributed by atoms with E-state index in [1.54, 1.807) is 12.3 Å². The van der Waals surface area contributed by atoms with E-state index < -0.39 is 11.7 Å². The van der Waals surface area contributed by atoms with Gasteiger partial charge in [0, 0.05) is 16.8 Å². The van der Waals surface area contributed by atoms with Gasteiger partial charge in [-0.05, 0) is 43.0 Å². The molecule has 4 aromatic rings. The minimum Gasteiger partial charge on any atom is -0.464 e. The molecule has 4 rings (SSSR count). The summed E-state index contributed by atoms with van der Waals surface area (Å²) in [5.74, 6) is -0.333. The zero-order valence-corrected chi connectivity index (χ0v) is 16.9. The van der Waals surface area contributed by atoms with Crippen LogP contribution < -0.4 is 10.9 Å². The average molecular weight is 405 g/mol. The van der Waals surface area contributed by atoms with Crippen molar-refractivity contribution in [3.05, 3.63) is 81.4 Å². The Hall–Kier alpha value is -3.38. The number of furan rings is 1. The molecular weight excluding hydrogens is 382 g/mol. The second-order valence-electron chi connectivity index (χ2n) is 7.57. The molecule has 1 amide bonds. The predicted molar refractivity (Wildman–Crippen MR) is 115 cm³/mol. The number of amides is 1. The van der Waals surface area contributed by atoms with E-state index in [9.17, 15) is 14.7 Å². The van der Waals surface area contributed by atoms with Crippen LogP contribution in [0.5, 0.6) is 0 Å². The van der Waals surface area contributed by atoms with Gasteiger partial charge in [-0.3, -0.25) is 4.79 Å². The van der Waals surface area contributed by atoms with Gasteiger partial charge in [-0.2, -0.15) is 0 Å². The molecule has 1 atom stereocenters. The zero-order valence-electron chi connectivity index (χ0n) is 16.9. The lowest BCUT2D eigenvalue weighted by molar-refractivity contribution is -0.121. The lowest BCUT2D eigenvalue weighted by Crippen LogP contribution is -2.40. The minimum absolute atomic E-state index is 0.113. The summed E-state index contributed by atoms with van der Waals surface area (Å²) in [7, 11) is 0. The normalized spacial score (nSPS) is 12.4. The van der Waals surface area contributed by atoms with Gasteiger partial charge in [0.1, 0.15) is 11.2 Å². The van der Waals surface area contributed by atoms with Crippen LogP contribution in [0.15, 0.2) is 62.4 Å². The molecule has 2 aromatic heterocycles. The van der Waals surface area contributed by atoms with Crippen LogP contribution in [-0.2, 0) is 17.6 Å². The van der Waals surface area contributed by atoms with E-state index in [4.69, 9.17) is 8.83 Å². The Bertz CT molecular complexity index is 1270. The van der Waals surface area contributed by atoms with Crippen LogP contribution in [0.2, 0.25) is 0 Å². The number of fused-ring (bicyclic) bond motifs is 2. The molecular formula is C24H23NO5. The molecule has 154 valence electrons. The van der Waals surface area contributed by atoms with Crippen LogP contribution in [0, 0.1) is 13.8 Å². The molecule has 0 aliphatic carbocycles. The van der Waals surface area contributed by atoms with Crippen LogP contribution in [0.25, 0.3) is 21.9 Å². The predicted octanol–water partition coefficient (Wildman–Crippen LogP) is 3.42. The van der Waals surface area contributed by atoms with Gasteiger partial charge in [0.2, 0.25) is 5.91 Å². The topological polar surface area (TPSA) is 92.7 Å². The molecule has 6 nitrogen and oxygen atoms in total. The van der Waals surface area contributed by atoms with E-state index in [-0.39, 0.29) is 18.9 Å². The average Bonchev–Trinajstić information content (AvgIpc) is 3.10. The van der Waals surface area contributed by atoms with Gasteiger partial charge in [-0.1, -0.05) is 30.3 Å². The highest BCUT2D eigenvalue weighted by Gasteiger charge is 2.19. The highest BCUT2D eigenvalue weighted by molar-refractivity contribution is 5.96. The second-order valence-corrected chi connectivity index (χ2v) is 7.57. The van der Waals surface area contributed by atoms with Gasteiger partial charge in [0.15, 0.2) is 0 Å². The number of hydrogen-bond acceptors (Lipinski definition) is 5. The molecule has 0 aliphatic rings. The van der Waals surface area contributed by atoms with Crippen molar-refractivity contribution in [1.29, 1.82) is 0 Å². The number of nitrogens with one attached hydrogen (secondary N) is 1. The van der Waals surface area contributed by atoms with E-state index in [0.717, 1.165) is 21.9 Å². The summed E-state index contributed by atoms with van der Waals surface area (Å²) in [4.78, 5) is 25.2. The molecule has 6 heteroatoms. The van der Waals surface area contributed by atoms with Gasteiger partial charge in [0.05, 0.1) is 30.9 Å². The fourth-order valence-electron chi connectivity index (χ4n) is 3.74. The van der Waals surface area contributed by atoms with E-state index in [1.807, 2.05) is 50.2 Å². The molecule has 0 saturated carbocycles. The Morgan fingerprint density at radius 1 is 1.10 bits per heavy atom. The summed E-state index contributed by atoms with van der Waals surface area (Å²) in [6.07, 6.45) is 2.05. The molecule has 0 bridgehead atoms. The molecule has 0 aliphatic heterocycles. The summed E-state index contributed by atoms with van der Waals surface area (Å²) in [6.45, 7) is 3.57. The quantitative estimate of drug-likeness (QED) is 0.480. The molecule has 0 unspecified atom stereocenters. The van der Waals surface area contributed by atoms with Crippen molar-refractivity contribution >= 4 is 27.8 Å². The summed E-state index contributed by atoms with van der Waals surface area (Å²) < 4.78 is 11.0. The fourth-order valence-corrected chi connectivity index (χ4v) is 3.74. The Morgan fingerprint density at radius 2 is 1.87 bits per heavy atom. The Kier molecular flexibility index (Phi) is 5.42. The Balaban J connectivity index is 1.59. The van der Waals surface area contributed by atoms with Crippen molar-refractivity contribution in [2.75, 3.05) is 6.61 Å². The SMILES string of the molecule is Cc1coc2cc3oc(=O)c(CC(=O)N[C@@H](CO)Cc4ccccc4)c(C)c3cc12. The minimum atomic E-state index is -0.540. The first-order valence-corrected chi connectivity index (χ1v) is 9.84. The third kappa shape index (κ3) is 3.86. The van der Waals surface area contributed by atoms with Gasteiger partial charge in [-0.15, -0.1) is 0 Å². The maximum Gasteiger partial charge on any atom is 0.340 e. The van der Waals surface area contributed by atoms with E-state index in [2.05, 4.69) is 5.32 Å². The second kappa shape index (κ2) is 8.16. The maximum absolute atomic E-state index is 12.6. The molecule has 2 aromatic carbocycles. The third-order valence-corrected chi connectivity index (χ3v) is 5.42. The molecule has 2 N–H and O–H groups in total. The number of carbonyl (C=O) groups excluding carboxylic acids is 1. The van der Waals surface area contributed by atoms with Crippen molar-refractivity contribution in [2.45, 2.75) is 32.7 Å². The lowest BCUT2D eigenvalue weighted by Gasteiger charge is -2.17. The first-order chi connectivity index (χ1) is 14.5. The number of benzene rings is 2. The highest BCUT2D eigenvalue weighted by atomic mass is 16.4. The van der Waals surface area contributed by atoms with Crippen LogP contribution >= 0.6 is 0 Å². The lowest BCUT2D eigenvalue weighted by atomic mass is 10.0. The Morgan fingerprint density at radius 3 is 2.60 bits per heavy atom. The van der Waals surface area contributed by atoms with Gasteiger partial charge in [0.25, 0.3) is 0 Å². The van der Waals surface area contributed by atoms with E-state index in [1.165, 1.54) is 0 Å². The smallest absolute Gasteiger partial charge is 0.340 e. The van der Waals surface area contributed by atoms with Crippen molar-refractivity contribution in [2.24, 2.45) is 0 Å². The first kappa shape index (κ1) is 19.9. The molecule has 0 fully saturated rings. The number of carbonyl (C=O) groups is 1. The largest absolute Gasteiger partial charge is 0.464 e. The van der Waals surface area contributed by atoms with E-state index in [0.29, 0.717) is 28.7 Å². The summed E-state index contributed by atoms with van der Waals surface area (Å²) in [5, 5.41) is 14.2. The standard InChI is InChI=1S/C24H23NO5/c1-14-13-29-21-11-22-19(9-18(14)21)15(2)20(24(28)30-22)10-23(27)25-17(12-26)8-16-6-4-3-5-7-16/h3-7,9,11,13,17,26H,8,10,12H2,1-2H3,(H,25,27)/t17-/m1/s1. The molecule has 0 saturated heterocycles. The molecule has 0 radical (unpaired) electrons. The van der Waals surface area contributed by atoms with Gasteiger partial charge in [-0.25, -0.2) is 4.79 Å². The van der Waals surface area contributed by atoms with Crippen LogP contribution in [0.4, 0.5) is 0 Å². The fraction of sp³-hybridized carbons (Fsp3) is 0.250. The Labute approximate surface area is 173 Å². The van der Waals surface area contributed by atoms with Gasteiger partial charge >= 0.3 is 5.63 Å². The summed E-state index contributed by atoms with van der Waals surface area (Å²) in [5.41, 5.74) is 3.57. The number of hydrogen-bond donors (Lipinski definition) is 2. The van der Waals surface area contributed by atoms with Crippen LogP contribution in [0.3, 0.4) is 0 Å². The number of aryl methyl sites for hydroxylation is 2. The summed E-state index contributed by atoms with van der Waals surface area (Å²) >= 11 is 0.